The summed E-state index contributed by atoms with van der Waals surface area (Å²) in [4.78, 5) is 26.0. The van der Waals surface area contributed by atoms with Crippen molar-refractivity contribution in [2.45, 2.75) is 52.1 Å². The SMILES string of the molecule is C[C@H](Oc1ccc(C(C)(C)C)cc1)C(=O)Nc1ccc(N2CCCC2=O)cc1. The van der Waals surface area contributed by atoms with Crippen molar-refractivity contribution in [2.75, 3.05) is 16.8 Å². The Hall–Kier alpha value is -2.82. The van der Waals surface area contributed by atoms with Crippen LogP contribution in [0.2, 0.25) is 0 Å². The number of nitrogens with zero attached hydrogens (tertiary/aromatic N) is 1. The molecule has 1 N–H and O–H groups in total. The van der Waals surface area contributed by atoms with E-state index in [4.69, 9.17) is 4.74 Å². The number of benzene rings is 2. The Kier molecular flexibility index (Phi) is 5.73. The van der Waals surface area contributed by atoms with Gasteiger partial charge < -0.3 is 15.0 Å². The van der Waals surface area contributed by atoms with Gasteiger partial charge in [0.05, 0.1) is 0 Å². The molecule has 5 nitrogen and oxygen atoms in total. The highest BCUT2D eigenvalue weighted by molar-refractivity contribution is 5.96. The quantitative estimate of drug-likeness (QED) is 0.830. The first-order valence-corrected chi connectivity index (χ1v) is 9.72. The molecule has 1 saturated heterocycles. The molecular formula is C23H28N2O3. The van der Waals surface area contributed by atoms with Crippen molar-refractivity contribution >= 4 is 23.2 Å². The lowest BCUT2D eigenvalue weighted by Crippen LogP contribution is -2.30. The van der Waals surface area contributed by atoms with E-state index in [-0.39, 0.29) is 17.2 Å². The number of rotatable bonds is 5. The molecule has 2 aromatic rings. The number of anilines is 2. The van der Waals surface area contributed by atoms with Gasteiger partial charge in [-0.2, -0.15) is 0 Å². The average Bonchev–Trinajstić information content (AvgIpc) is 3.08. The molecule has 1 fully saturated rings. The van der Waals surface area contributed by atoms with Crippen LogP contribution in [0.5, 0.6) is 5.75 Å². The van der Waals surface area contributed by atoms with Crippen molar-refractivity contribution < 1.29 is 14.3 Å². The van der Waals surface area contributed by atoms with E-state index in [1.807, 2.05) is 48.5 Å². The van der Waals surface area contributed by atoms with Crippen molar-refractivity contribution in [2.24, 2.45) is 0 Å². The Labute approximate surface area is 166 Å². The predicted molar refractivity (Wildman–Crippen MR) is 112 cm³/mol. The van der Waals surface area contributed by atoms with Crippen LogP contribution < -0.4 is 15.0 Å². The minimum Gasteiger partial charge on any atom is -0.481 e. The summed E-state index contributed by atoms with van der Waals surface area (Å²) in [7, 11) is 0. The van der Waals surface area contributed by atoms with E-state index in [0.717, 1.165) is 18.7 Å². The molecule has 1 atom stereocenters. The van der Waals surface area contributed by atoms with Gasteiger partial charge in [0.15, 0.2) is 6.10 Å². The molecule has 0 aliphatic carbocycles. The highest BCUT2D eigenvalue weighted by Gasteiger charge is 2.22. The number of hydrogen-bond acceptors (Lipinski definition) is 3. The minimum absolute atomic E-state index is 0.0768. The summed E-state index contributed by atoms with van der Waals surface area (Å²) in [6.07, 6.45) is 0.868. The third kappa shape index (κ3) is 4.71. The molecule has 3 rings (SSSR count). The summed E-state index contributed by atoms with van der Waals surface area (Å²) in [6.45, 7) is 8.95. The minimum atomic E-state index is -0.625. The lowest BCUT2D eigenvalue weighted by Gasteiger charge is -2.20. The Morgan fingerprint density at radius 1 is 1.07 bits per heavy atom. The first-order valence-electron chi connectivity index (χ1n) is 9.72. The monoisotopic (exact) mass is 380 g/mol. The van der Waals surface area contributed by atoms with Crippen LogP contribution in [0, 0.1) is 0 Å². The maximum atomic E-state index is 12.4. The molecule has 0 bridgehead atoms. The van der Waals surface area contributed by atoms with E-state index in [9.17, 15) is 9.59 Å². The van der Waals surface area contributed by atoms with Gasteiger partial charge in [-0.15, -0.1) is 0 Å². The van der Waals surface area contributed by atoms with Gasteiger partial charge in [-0.05, 0) is 60.7 Å². The Bertz CT molecular complexity index is 836. The van der Waals surface area contributed by atoms with Crippen LogP contribution in [0.3, 0.4) is 0 Å². The van der Waals surface area contributed by atoms with Crippen LogP contribution in [0.1, 0.15) is 46.1 Å². The van der Waals surface area contributed by atoms with Gasteiger partial charge in [-0.1, -0.05) is 32.9 Å². The topological polar surface area (TPSA) is 58.6 Å². The fourth-order valence-corrected chi connectivity index (χ4v) is 3.18. The van der Waals surface area contributed by atoms with Crippen molar-refractivity contribution in [3.05, 3.63) is 54.1 Å². The van der Waals surface area contributed by atoms with E-state index >= 15 is 0 Å². The number of hydrogen-bond donors (Lipinski definition) is 1. The summed E-state index contributed by atoms with van der Waals surface area (Å²) in [5.41, 5.74) is 2.84. The molecule has 0 aromatic heterocycles. The second kappa shape index (κ2) is 8.05. The summed E-state index contributed by atoms with van der Waals surface area (Å²) in [5.74, 6) is 0.597. The first kappa shape index (κ1) is 19.9. The summed E-state index contributed by atoms with van der Waals surface area (Å²) >= 11 is 0. The molecule has 28 heavy (non-hydrogen) atoms. The maximum absolute atomic E-state index is 12.4. The highest BCUT2D eigenvalue weighted by atomic mass is 16.5. The largest absolute Gasteiger partial charge is 0.481 e. The van der Waals surface area contributed by atoms with Crippen molar-refractivity contribution in [1.29, 1.82) is 0 Å². The molecule has 0 spiro atoms. The van der Waals surface area contributed by atoms with Gasteiger partial charge in [0.1, 0.15) is 5.75 Å². The molecular weight excluding hydrogens is 352 g/mol. The molecule has 0 unspecified atom stereocenters. The standard InChI is InChI=1S/C23H28N2O3/c1-16(28-20-13-7-17(8-14-20)23(2,3)4)22(27)24-18-9-11-19(12-10-18)25-15-5-6-21(25)26/h7-14,16H,5-6,15H2,1-4H3,(H,24,27)/t16-/m0/s1. The van der Waals surface area contributed by atoms with Crippen LogP contribution in [0.4, 0.5) is 11.4 Å². The second-order valence-electron chi connectivity index (χ2n) is 8.22. The fourth-order valence-electron chi connectivity index (χ4n) is 3.18. The van der Waals surface area contributed by atoms with Gasteiger partial charge >= 0.3 is 0 Å². The van der Waals surface area contributed by atoms with Crippen molar-refractivity contribution in [3.63, 3.8) is 0 Å². The van der Waals surface area contributed by atoms with E-state index in [0.29, 0.717) is 17.9 Å². The normalized spacial score (nSPS) is 15.4. The fraction of sp³-hybridized carbons (Fsp3) is 0.391. The third-order valence-electron chi connectivity index (χ3n) is 4.92. The Morgan fingerprint density at radius 3 is 2.25 bits per heavy atom. The summed E-state index contributed by atoms with van der Waals surface area (Å²) < 4.78 is 5.77. The van der Waals surface area contributed by atoms with E-state index in [1.54, 1.807) is 11.8 Å². The highest BCUT2D eigenvalue weighted by Crippen LogP contribution is 2.25. The summed E-state index contributed by atoms with van der Waals surface area (Å²) in [6, 6.07) is 15.2. The lowest BCUT2D eigenvalue weighted by molar-refractivity contribution is -0.122. The zero-order chi connectivity index (χ0) is 20.3. The number of nitrogens with one attached hydrogen (secondary N) is 1. The van der Waals surface area contributed by atoms with Gasteiger partial charge in [0.25, 0.3) is 5.91 Å². The molecule has 0 radical (unpaired) electrons. The molecule has 5 heteroatoms. The molecule has 0 saturated carbocycles. The maximum Gasteiger partial charge on any atom is 0.265 e. The smallest absolute Gasteiger partial charge is 0.265 e. The van der Waals surface area contributed by atoms with Crippen molar-refractivity contribution in [3.8, 4) is 5.75 Å². The number of ether oxygens (including phenoxy) is 1. The van der Waals surface area contributed by atoms with Crippen molar-refractivity contribution in [1.82, 2.24) is 0 Å². The van der Waals surface area contributed by atoms with Crippen LogP contribution in [-0.4, -0.2) is 24.5 Å². The molecule has 1 heterocycles. The molecule has 1 aliphatic heterocycles. The van der Waals surface area contributed by atoms with E-state index in [2.05, 4.69) is 26.1 Å². The van der Waals surface area contributed by atoms with Gasteiger partial charge in [-0.25, -0.2) is 0 Å². The lowest BCUT2D eigenvalue weighted by atomic mass is 9.87. The van der Waals surface area contributed by atoms with Crippen LogP contribution in [0.25, 0.3) is 0 Å². The molecule has 2 aromatic carbocycles. The first-order chi connectivity index (χ1) is 13.2. The molecule has 148 valence electrons. The number of carbonyl (C=O) groups excluding carboxylic acids is 2. The van der Waals surface area contributed by atoms with Crippen LogP contribution in [-0.2, 0) is 15.0 Å². The van der Waals surface area contributed by atoms with Gasteiger partial charge in [0.2, 0.25) is 5.91 Å². The Balaban J connectivity index is 1.57. The van der Waals surface area contributed by atoms with Crippen LogP contribution >= 0.6 is 0 Å². The summed E-state index contributed by atoms with van der Waals surface area (Å²) in [5, 5.41) is 2.86. The second-order valence-corrected chi connectivity index (χ2v) is 8.22. The third-order valence-corrected chi connectivity index (χ3v) is 4.92. The zero-order valence-corrected chi connectivity index (χ0v) is 17.0. The predicted octanol–water partition coefficient (Wildman–Crippen LogP) is 4.52. The number of carbonyl (C=O) groups is 2. The zero-order valence-electron chi connectivity index (χ0n) is 17.0. The Morgan fingerprint density at radius 2 is 1.71 bits per heavy atom. The number of amides is 2. The molecule has 1 aliphatic rings. The van der Waals surface area contributed by atoms with Gasteiger partial charge in [0, 0.05) is 24.3 Å². The van der Waals surface area contributed by atoms with Crippen LogP contribution in [0.15, 0.2) is 48.5 Å². The molecule has 2 amide bonds. The van der Waals surface area contributed by atoms with E-state index in [1.165, 1.54) is 5.56 Å². The van der Waals surface area contributed by atoms with E-state index < -0.39 is 6.10 Å². The van der Waals surface area contributed by atoms with Gasteiger partial charge in [-0.3, -0.25) is 9.59 Å². The average molecular weight is 380 g/mol.